The molecule has 1 heterocycles. The average molecular weight is 257 g/mol. The molecule has 1 aromatic carbocycles. The first-order valence-corrected chi connectivity index (χ1v) is 4.89. The van der Waals surface area contributed by atoms with Gasteiger partial charge in [-0.3, -0.25) is 0 Å². The van der Waals surface area contributed by atoms with Gasteiger partial charge < -0.3 is 9.78 Å². The number of aldehydes is 1. The summed E-state index contributed by atoms with van der Waals surface area (Å²) in [5, 5.41) is 0.655. The Bertz CT molecular complexity index is 440. The third-order valence-corrected chi connectivity index (χ3v) is 2.43. The Morgan fingerprint density at radius 3 is 2.50 bits per heavy atom. The van der Waals surface area contributed by atoms with Crippen molar-refractivity contribution >= 4 is 30.3 Å². The fraction of sp³-hybridized carbons (Fsp3) is 0.0909. The van der Waals surface area contributed by atoms with Crippen LogP contribution in [0.15, 0.2) is 36.7 Å². The van der Waals surface area contributed by atoms with Crippen molar-refractivity contribution in [2.24, 2.45) is 0 Å². The number of imidazole rings is 1. The molecule has 0 saturated heterocycles. The molecule has 84 valence electrons. The van der Waals surface area contributed by atoms with Gasteiger partial charge in [-0.05, 0) is 17.7 Å². The molecule has 0 saturated carbocycles. The summed E-state index contributed by atoms with van der Waals surface area (Å²) in [6.45, 7) is 0. The highest BCUT2D eigenvalue weighted by atomic mass is 35.5. The van der Waals surface area contributed by atoms with Crippen molar-refractivity contribution in [1.82, 2.24) is 9.97 Å². The number of halogens is 2. The van der Waals surface area contributed by atoms with E-state index < -0.39 is 0 Å². The van der Waals surface area contributed by atoms with E-state index >= 15 is 0 Å². The lowest BCUT2D eigenvalue weighted by molar-refractivity contribution is -0.108. The predicted molar refractivity (Wildman–Crippen MR) is 65.2 cm³/mol. The number of carbonyl (C=O) groups excluding carboxylic acids is 1. The lowest BCUT2D eigenvalue weighted by Crippen LogP contribution is -2.04. The molecule has 2 rings (SSSR count). The first-order chi connectivity index (χ1) is 7.31. The number of carbonyl (C=O) groups is 1. The summed E-state index contributed by atoms with van der Waals surface area (Å²) in [6, 6.07) is 7.17. The standard InChI is InChI=1S/C11H9ClN2O.ClH/c12-9-3-1-8(2-4-9)10(7-15)11-13-5-6-14-11;/h1-7,10H,(H,13,14);1H. The van der Waals surface area contributed by atoms with Crippen LogP contribution in [0.5, 0.6) is 0 Å². The molecule has 0 bridgehead atoms. The number of H-pyrrole nitrogens is 1. The molecule has 1 unspecified atom stereocenters. The van der Waals surface area contributed by atoms with E-state index in [2.05, 4.69) is 9.97 Å². The van der Waals surface area contributed by atoms with Crippen molar-refractivity contribution in [2.75, 3.05) is 0 Å². The molecule has 0 aliphatic carbocycles. The first kappa shape index (κ1) is 12.7. The lowest BCUT2D eigenvalue weighted by Gasteiger charge is -2.07. The van der Waals surface area contributed by atoms with Crippen molar-refractivity contribution in [2.45, 2.75) is 5.92 Å². The molecule has 2 aromatic rings. The molecule has 1 N–H and O–H groups in total. The van der Waals surface area contributed by atoms with Crippen molar-refractivity contribution in [3.63, 3.8) is 0 Å². The average Bonchev–Trinajstić information content (AvgIpc) is 2.75. The van der Waals surface area contributed by atoms with E-state index in [0.29, 0.717) is 10.8 Å². The minimum absolute atomic E-state index is 0. The van der Waals surface area contributed by atoms with Crippen LogP contribution in [0.2, 0.25) is 5.02 Å². The Labute approximate surface area is 104 Å². The summed E-state index contributed by atoms with van der Waals surface area (Å²) in [5.74, 6) is 0.296. The van der Waals surface area contributed by atoms with Crippen molar-refractivity contribution in [3.05, 3.63) is 53.1 Å². The highest BCUT2D eigenvalue weighted by molar-refractivity contribution is 6.30. The lowest BCUT2D eigenvalue weighted by atomic mass is 10.0. The summed E-state index contributed by atoms with van der Waals surface area (Å²) >= 11 is 5.77. The maximum Gasteiger partial charge on any atom is 0.135 e. The molecule has 0 spiro atoms. The number of hydrogen-bond acceptors (Lipinski definition) is 2. The topological polar surface area (TPSA) is 45.8 Å². The van der Waals surface area contributed by atoms with Gasteiger partial charge in [-0.25, -0.2) is 4.98 Å². The van der Waals surface area contributed by atoms with Gasteiger partial charge in [0.1, 0.15) is 12.1 Å². The smallest absolute Gasteiger partial charge is 0.135 e. The Morgan fingerprint density at radius 1 is 1.31 bits per heavy atom. The van der Waals surface area contributed by atoms with E-state index in [1.54, 1.807) is 24.5 Å². The third-order valence-electron chi connectivity index (χ3n) is 2.18. The van der Waals surface area contributed by atoms with Crippen LogP contribution in [0, 0.1) is 0 Å². The Kier molecular flexibility index (Phi) is 4.52. The van der Waals surface area contributed by atoms with Crippen molar-refractivity contribution in [1.29, 1.82) is 0 Å². The number of aromatic nitrogens is 2. The second kappa shape index (κ2) is 5.68. The molecule has 16 heavy (non-hydrogen) atoms. The molecule has 0 fully saturated rings. The summed E-state index contributed by atoms with van der Waals surface area (Å²) in [5.41, 5.74) is 0.879. The van der Waals surface area contributed by atoms with Crippen molar-refractivity contribution < 1.29 is 4.79 Å². The Balaban J connectivity index is 0.00000128. The molecular weight excluding hydrogens is 247 g/mol. The van der Waals surface area contributed by atoms with Crippen LogP contribution in [-0.2, 0) is 4.79 Å². The summed E-state index contributed by atoms with van der Waals surface area (Å²) in [7, 11) is 0. The summed E-state index contributed by atoms with van der Waals surface area (Å²) in [6.07, 6.45) is 4.19. The molecule has 0 aliphatic heterocycles. The second-order valence-corrected chi connectivity index (χ2v) is 3.58. The fourth-order valence-corrected chi connectivity index (χ4v) is 1.54. The number of rotatable bonds is 3. The zero-order valence-corrected chi connectivity index (χ0v) is 9.83. The molecule has 3 nitrogen and oxygen atoms in total. The predicted octanol–water partition coefficient (Wildman–Crippen LogP) is 2.82. The van der Waals surface area contributed by atoms with Crippen molar-refractivity contribution in [3.8, 4) is 0 Å². The van der Waals surface area contributed by atoms with E-state index in [0.717, 1.165) is 11.8 Å². The second-order valence-electron chi connectivity index (χ2n) is 3.14. The number of benzene rings is 1. The van der Waals surface area contributed by atoms with E-state index in [1.165, 1.54) is 0 Å². The minimum atomic E-state index is -0.350. The number of aromatic amines is 1. The van der Waals surface area contributed by atoms with E-state index in [-0.39, 0.29) is 18.3 Å². The molecule has 5 heteroatoms. The zero-order valence-electron chi connectivity index (χ0n) is 8.26. The Hall–Kier alpha value is -1.32. The van der Waals surface area contributed by atoms with Crippen LogP contribution in [-0.4, -0.2) is 16.3 Å². The van der Waals surface area contributed by atoms with Gasteiger partial charge in [0.25, 0.3) is 0 Å². The third kappa shape index (κ3) is 2.62. The van der Waals surface area contributed by atoms with Gasteiger partial charge in [-0.1, -0.05) is 23.7 Å². The highest BCUT2D eigenvalue weighted by Gasteiger charge is 2.14. The van der Waals surface area contributed by atoms with Gasteiger partial charge in [0, 0.05) is 17.4 Å². The van der Waals surface area contributed by atoms with Crippen LogP contribution in [0.3, 0.4) is 0 Å². The van der Waals surface area contributed by atoms with Gasteiger partial charge in [0.15, 0.2) is 0 Å². The van der Waals surface area contributed by atoms with E-state index in [9.17, 15) is 4.79 Å². The molecule has 0 aliphatic rings. The monoisotopic (exact) mass is 256 g/mol. The zero-order chi connectivity index (χ0) is 10.7. The number of nitrogens with one attached hydrogen (secondary N) is 1. The maximum atomic E-state index is 11.0. The van der Waals surface area contributed by atoms with Crippen LogP contribution in [0.25, 0.3) is 0 Å². The molecule has 0 radical (unpaired) electrons. The van der Waals surface area contributed by atoms with Gasteiger partial charge in [-0.15, -0.1) is 12.4 Å². The highest BCUT2D eigenvalue weighted by Crippen LogP contribution is 2.21. The van der Waals surface area contributed by atoms with Gasteiger partial charge >= 0.3 is 0 Å². The quantitative estimate of drug-likeness (QED) is 0.859. The van der Waals surface area contributed by atoms with Crippen LogP contribution >= 0.6 is 24.0 Å². The van der Waals surface area contributed by atoms with Crippen LogP contribution in [0.1, 0.15) is 17.3 Å². The number of hydrogen-bond donors (Lipinski definition) is 1. The maximum absolute atomic E-state index is 11.0. The van der Waals surface area contributed by atoms with Gasteiger partial charge in [0.2, 0.25) is 0 Å². The summed E-state index contributed by atoms with van der Waals surface area (Å²) < 4.78 is 0. The minimum Gasteiger partial charge on any atom is -0.348 e. The normalized spacial score (nSPS) is 11.6. The van der Waals surface area contributed by atoms with Crippen LogP contribution < -0.4 is 0 Å². The fourth-order valence-electron chi connectivity index (χ4n) is 1.42. The molecule has 1 aromatic heterocycles. The largest absolute Gasteiger partial charge is 0.348 e. The Morgan fingerprint density at radius 2 is 2.00 bits per heavy atom. The number of nitrogens with zero attached hydrogens (tertiary/aromatic N) is 1. The SMILES string of the molecule is Cl.O=CC(c1ccc(Cl)cc1)c1ncc[nH]1. The molecule has 0 amide bonds. The van der Waals surface area contributed by atoms with E-state index in [4.69, 9.17) is 11.6 Å². The van der Waals surface area contributed by atoms with Crippen LogP contribution in [0.4, 0.5) is 0 Å². The van der Waals surface area contributed by atoms with E-state index in [1.807, 2.05) is 12.1 Å². The van der Waals surface area contributed by atoms with Gasteiger partial charge in [0.05, 0.1) is 5.92 Å². The molecular formula is C11H10Cl2N2O. The van der Waals surface area contributed by atoms with Gasteiger partial charge in [-0.2, -0.15) is 0 Å². The molecule has 1 atom stereocenters. The summed E-state index contributed by atoms with van der Waals surface area (Å²) in [4.78, 5) is 18.0. The first-order valence-electron chi connectivity index (χ1n) is 4.51.